The zero-order chi connectivity index (χ0) is 13.8. The lowest BCUT2D eigenvalue weighted by molar-refractivity contribution is -0.111. The van der Waals surface area contributed by atoms with Crippen LogP contribution >= 0.6 is 11.6 Å². The molecule has 0 heterocycles. The SMILES string of the molecule is CC=CC(=O)Nc1ccc(NS(C)(=O)=O)c(Cl)c1. The van der Waals surface area contributed by atoms with Crippen molar-refractivity contribution in [3.05, 3.63) is 35.4 Å². The maximum absolute atomic E-state index is 11.3. The Hall–Kier alpha value is -1.53. The highest BCUT2D eigenvalue weighted by Crippen LogP contribution is 2.26. The van der Waals surface area contributed by atoms with Crippen LogP contribution in [0.5, 0.6) is 0 Å². The van der Waals surface area contributed by atoms with Gasteiger partial charge in [-0.15, -0.1) is 0 Å². The monoisotopic (exact) mass is 288 g/mol. The van der Waals surface area contributed by atoms with Crippen molar-refractivity contribution in [2.24, 2.45) is 0 Å². The minimum absolute atomic E-state index is 0.207. The summed E-state index contributed by atoms with van der Waals surface area (Å²) in [6.45, 7) is 1.73. The van der Waals surface area contributed by atoms with Crippen molar-refractivity contribution in [1.29, 1.82) is 0 Å². The number of rotatable bonds is 4. The topological polar surface area (TPSA) is 75.3 Å². The van der Waals surface area contributed by atoms with Gasteiger partial charge < -0.3 is 5.32 Å². The fourth-order valence-corrected chi connectivity index (χ4v) is 2.07. The molecule has 0 saturated heterocycles. The summed E-state index contributed by atoms with van der Waals surface area (Å²) in [7, 11) is -3.38. The minimum atomic E-state index is -3.38. The minimum Gasteiger partial charge on any atom is -0.322 e. The van der Waals surface area contributed by atoms with Gasteiger partial charge in [0.1, 0.15) is 0 Å². The van der Waals surface area contributed by atoms with Crippen molar-refractivity contribution in [2.75, 3.05) is 16.3 Å². The normalized spacial score (nSPS) is 11.5. The molecule has 0 unspecified atom stereocenters. The van der Waals surface area contributed by atoms with Crippen LogP contribution in [0.3, 0.4) is 0 Å². The van der Waals surface area contributed by atoms with Crippen molar-refractivity contribution in [3.63, 3.8) is 0 Å². The molecule has 1 aromatic carbocycles. The zero-order valence-corrected chi connectivity index (χ0v) is 11.5. The summed E-state index contributed by atoms with van der Waals surface area (Å²) < 4.78 is 24.4. The van der Waals surface area contributed by atoms with Crippen LogP contribution in [0.4, 0.5) is 11.4 Å². The van der Waals surface area contributed by atoms with Gasteiger partial charge in [-0.1, -0.05) is 17.7 Å². The van der Waals surface area contributed by atoms with Crippen LogP contribution < -0.4 is 10.0 Å². The van der Waals surface area contributed by atoms with Gasteiger partial charge in [0, 0.05) is 5.69 Å². The van der Waals surface area contributed by atoms with Crippen molar-refractivity contribution < 1.29 is 13.2 Å². The van der Waals surface area contributed by atoms with Gasteiger partial charge in [-0.25, -0.2) is 8.42 Å². The lowest BCUT2D eigenvalue weighted by Crippen LogP contribution is -2.11. The Kier molecular flexibility index (Phi) is 4.75. The number of amides is 1. The molecule has 2 N–H and O–H groups in total. The van der Waals surface area contributed by atoms with Crippen molar-refractivity contribution in [2.45, 2.75) is 6.92 Å². The number of nitrogens with one attached hydrogen (secondary N) is 2. The number of benzene rings is 1. The second kappa shape index (κ2) is 5.88. The molecule has 0 radical (unpaired) electrons. The van der Waals surface area contributed by atoms with Crippen LogP contribution in [0.1, 0.15) is 6.92 Å². The van der Waals surface area contributed by atoms with Crippen LogP contribution in [0.25, 0.3) is 0 Å². The average Bonchev–Trinajstić information content (AvgIpc) is 2.21. The number of sulfonamides is 1. The van der Waals surface area contributed by atoms with E-state index in [1.807, 2.05) is 0 Å². The summed E-state index contributed by atoms with van der Waals surface area (Å²) in [4.78, 5) is 11.3. The van der Waals surface area contributed by atoms with E-state index in [-0.39, 0.29) is 16.6 Å². The standard InChI is InChI=1S/C11H13ClN2O3S/c1-3-4-11(15)13-8-5-6-10(9(12)7-8)14-18(2,16)17/h3-7,14H,1-2H3,(H,13,15). The summed E-state index contributed by atoms with van der Waals surface area (Å²) in [5.74, 6) is -0.280. The molecular weight excluding hydrogens is 276 g/mol. The summed E-state index contributed by atoms with van der Waals surface area (Å²) in [5, 5.41) is 2.79. The van der Waals surface area contributed by atoms with Crippen molar-refractivity contribution in [1.82, 2.24) is 0 Å². The van der Waals surface area contributed by atoms with Gasteiger partial charge in [-0.05, 0) is 31.2 Å². The molecule has 7 heteroatoms. The smallest absolute Gasteiger partial charge is 0.248 e. The predicted octanol–water partition coefficient (Wildman–Crippen LogP) is 2.23. The Morgan fingerprint density at radius 1 is 1.39 bits per heavy atom. The maximum Gasteiger partial charge on any atom is 0.248 e. The number of anilines is 2. The van der Waals surface area contributed by atoms with Crippen LogP contribution in [-0.4, -0.2) is 20.6 Å². The molecule has 5 nitrogen and oxygen atoms in total. The highest BCUT2D eigenvalue weighted by Gasteiger charge is 2.07. The van der Waals surface area contributed by atoms with Crippen molar-refractivity contribution in [3.8, 4) is 0 Å². The lowest BCUT2D eigenvalue weighted by Gasteiger charge is -2.08. The molecule has 0 bridgehead atoms. The Balaban J connectivity index is 2.89. The third kappa shape index (κ3) is 4.77. The summed E-state index contributed by atoms with van der Waals surface area (Å²) in [6.07, 6.45) is 4.01. The number of hydrogen-bond acceptors (Lipinski definition) is 3. The first kappa shape index (κ1) is 14.5. The predicted molar refractivity (Wildman–Crippen MR) is 73.4 cm³/mol. The maximum atomic E-state index is 11.3. The summed E-state index contributed by atoms with van der Waals surface area (Å²) in [6, 6.07) is 4.51. The molecule has 0 aliphatic heterocycles. The van der Waals surface area contributed by atoms with Gasteiger partial charge >= 0.3 is 0 Å². The van der Waals surface area contributed by atoms with Gasteiger partial charge in [0.15, 0.2) is 0 Å². The lowest BCUT2D eigenvalue weighted by atomic mass is 10.3. The molecule has 0 atom stereocenters. The quantitative estimate of drug-likeness (QED) is 0.834. The molecule has 0 aromatic heterocycles. The van der Waals surface area contributed by atoms with Gasteiger partial charge in [0.25, 0.3) is 0 Å². The van der Waals surface area contributed by atoms with E-state index in [0.717, 1.165) is 6.26 Å². The van der Waals surface area contributed by atoms with E-state index in [1.54, 1.807) is 19.1 Å². The number of allylic oxidation sites excluding steroid dienone is 1. The third-order valence-corrected chi connectivity index (χ3v) is 2.75. The number of halogens is 1. The van der Waals surface area contributed by atoms with Gasteiger partial charge in [-0.3, -0.25) is 9.52 Å². The molecule has 1 amide bonds. The zero-order valence-electron chi connectivity index (χ0n) is 9.90. The largest absolute Gasteiger partial charge is 0.322 e. The fourth-order valence-electron chi connectivity index (χ4n) is 1.21. The highest BCUT2D eigenvalue weighted by atomic mass is 35.5. The van der Waals surface area contributed by atoms with Gasteiger partial charge in [-0.2, -0.15) is 0 Å². The second-order valence-electron chi connectivity index (χ2n) is 3.56. The first-order chi connectivity index (χ1) is 8.31. The first-order valence-corrected chi connectivity index (χ1v) is 7.30. The van der Waals surface area contributed by atoms with E-state index in [9.17, 15) is 13.2 Å². The molecule has 0 fully saturated rings. The molecule has 0 aliphatic carbocycles. The van der Waals surface area contributed by atoms with E-state index in [0.29, 0.717) is 5.69 Å². The molecule has 0 saturated carbocycles. The Bertz CT molecular complexity index is 582. The van der Waals surface area contributed by atoms with Crippen LogP contribution in [0.15, 0.2) is 30.4 Å². The van der Waals surface area contributed by atoms with Crippen LogP contribution in [0, 0.1) is 0 Å². The van der Waals surface area contributed by atoms with Crippen LogP contribution in [-0.2, 0) is 14.8 Å². The summed E-state index contributed by atoms with van der Waals surface area (Å²) in [5.41, 5.74) is 0.755. The van der Waals surface area contributed by atoms with E-state index < -0.39 is 10.0 Å². The second-order valence-corrected chi connectivity index (χ2v) is 5.71. The third-order valence-electron chi connectivity index (χ3n) is 1.85. The molecule has 1 rings (SSSR count). The molecule has 0 aliphatic rings. The molecule has 18 heavy (non-hydrogen) atoms. The number of carbonyl (C=O) groups is 1. The van der Waals surface area contributed by atoms with Gasteiger partial charge in [0.2, 0.25) is 15.9 Å². The Labute approximate surface area is 111 Å². The number of carbonyl (C=O) groups excluding carboxylic acids is 1. The Morgan fingerprint density at radius 3 is 2.56 bits per heavy atom. The average molecular weight is 289 g/mol. The van der Waals surface area contributed by atoms with Crippen LogP contribution in [0.2, 0.25) is 5.02 Å². The Morgan fingerprint density at radius 2 is 2.06 bits per heavy atom. The van der Waals surface area contributed by atoms with E-state index in [2.05, 4.69) is 10.0 Å². The number of hydrogen-bond donors (Lipinski definition) is 2. The summed E-state index contributed by atoms with van der Waals surface area (Å²) >= 11 is 5.90. The van der Waals surface area contributed by atoms with E-state index >= 15 is 0 Å². The molecular formula is C11H13ClN2O3S. The molecule has 1 aromatic rings. The van der Waals surface area contributed by atoms with E-state index in [1.165, 1.54) is 18.2 Å². The first-order valence-electron chi connectivity index (χ1n) is 5.03. The van der Waals surface area contributed by atoms with E-state index in [4.69, 9.17) is 11.6 Å². The molecule has 0 spiro atoms. The molecule has 98 valence electrons. The highest BCUT2D eigenvalue weighted by molar-refractivity contribution is 7.92. The van der Waals surface area contributed by atoms with Crippen molar-refractivity contribution >= 4 is 38.9 Å². The van der Waals surface area contributed by atoms with Gasteiger partial charge in [0.05, 0.1) is 17.0 Å². The fraction of sp³-hybridized carbons (Fsp3) is 0.182.